The van der Waals surface area contributed by atoms with Crippen LogP contribution < -0.4 is 20.1 Å². The lowest BCUT2D eigenvalue weighted by molar-refractivity contribution is -0.128. The second-order valence-corrected chi connectivity index (χ2v) is 7.75. The van der Waals surface area contributed by atoms with Gasteiger partial charge < -0.3 is 20.1 Å². The highest BCUT2D eigenvalue weighted by Crippen LogP contribution is 2.35. The Balaban J connectivity index is 1.65. The molecule has 2 amide bonds. The van der Waals surface area contributed by atoms with E-state index in [0.29, 0.717) is 17.9 Å². The van der Waals surface area contributed by atoms with Crippen LogP contribution in [0.15, 0.2) is 60.7 Å². The minimum absolute atomic E-state index is 0.0108. The quantitative estimate of drug-likeness (QED) is 0.747. The molecule has 0 saturated carbocycles. The largest absolute Gasteiger partial charge is 0.454 e. The average molecular weight is 406 g/mol. The smallest absolute Gasteiger partial charge is 0.231 e. The number of fused-ring (bicyclic) bond motifs is 1. The van der Waals surface area contributed by atoms with Gasteiger partial charge >= 0.3 is 0 Å². The zero-order valence-corrected chi connectivity index (χ0v) is 17.0. The fourth-order valence-electron chi connectivity index (χ4n) is 3.84. The van der Waals surface area contributed by atoms with Crippen LogP contribution in [0.5, 0.6) is 11.5 Å². The predicted molar refractivity (Wildman–Crippen MR) is 113 cm³/mol. The number of ether oxygens (including phenoxy) is 2. The molecule has 2 heterocycles. The minimum Gasteiger partial charge on any atom is -0.454 e. The van der Waals surface area contributed by atoms with Gasteiger partial charge in [0, 0.05) is 12.5 Å². The van der Waals surface area contributed by atoms with Gasteiger partial charge in [0.15, 0.2) is 11.5 Å². The van der Waals surface area contributed by atoms with Gasteiger partial charge in [-0.05, 0) is 43.0 Å². The van der Waals surface area contributed by atoms with Gasteiger partial charge in [-0.1, -0.05) is 48.6 Å². The van der Waals surface area contributed by atoms with Crippen molar-refractivity contribution in [3.8, 4) is 11.5 Å². The first kappa shape index (κ1) is 20.0. The molecule has 0 saturated heterocycles. The lowest BCUT2D eigenvalue weighted by atomic mass is 9.92. The summed E-state index contributed by atoms with van der Waals surface area (Å²) in [7, 11) is 0. The summed E-state index contributed by atoms with van der Waals surface area (Å²) in [6.07, 6.45) is 5.60. The SMILES string of the molecule is C[C@@H]1C/C=C\C[C@H](c2ccc3c(c2)OCO3)NC(=O)[C@@H](c2ccccc2)CC(=O)N1. The third kappa shape index (κ3) is 4.64. The molecule has 156 valence electrons. The molecule has 0 aliphatic carbocycles. The molecule has 0 spiro atoms. The standard InChI is InChI=1S/C24H26N2O4/c1-16-7-5-6-10-20(18-11-12-21-22(13-18)30-15-29-21)26-24(28)19(14-23(27)25-16)17-8-3-2-4-9-17/h2-6,8-9,11-13,16,19-20H,7,10,14-15H2,1H3,(H,25,27)(H,26,28)/b6-5-/t16-,19-,20-/m1/s1. The Hall–Kier alpha value is -3.28. The highest BCUT2D eigenvalue weighted by atomic mass is 16.7. The summed E-state index contributed by atoms with van der Waals surface area (Å²) >= 11 is 0. The summed E-state index contributed by atoms with van der Waals surface area (Å²) in [6, 6.07) is 15.0. The Bertz CT molecular complexity index is 941. The van der Waals surface area contributed by atoms with Crippen molar-refractivity contribution in [2.75, 3.05) is 6.79 Å². The molecule has 2 aromatic carbocycles. The van der Waals surface area contributed by atoms with E-state index in [1.807, 2.05) is 61.5 Å². The molecule has 2 aromatic rings. The van der Waals surface area contributed by atoms with E-state index >= 15 is 0 Å². The molecule has 3 atom stereocenters. The maximum atomic E-state index is 13.3. The van der Waals surface area contributed by atoms with Crippen molar-refractivity contribution in [2.45, 2.75) is 44.2 Å². The van der Waals surface area contributed by atoms with E-state index in [-0.39, 0.29) is 37.1 Å². The van der Waals surface area contributed by atoms with E-state index < -0.39 is 5.92 Å². The van der Waals surface area contributed by atoms with Crippen molar-refractivity contribution in [1.82, 2.24) is 10.6 Å². The van der Waals surface area contributed by atoms with E-state index in [0.717, 1.165) is 17.5 Å². The van der Waals surface area contributed by atoms with Crippen molar-refractivity contribution in [3.05, 3.63) is 71.8 Å². The molecule has 2 aliphatic heterocycles. The highest BCUT2D eigenvalue weighted by molar-refractivity contribution is 5.90. The molecule has 2 N–H and O–H groups in total. The average Bonchev–Trinajstić information content (AvgIpc) is 3.21. The Kier molecular flexibility index (Phi) is 6.02. The van der Waals surface area contributed by atoms with Crippen molar-refractivity contribution in [1.29, 1.82) is 0 Å². The van der Waals surface area contributed by atoms with Crippen LogP contribution in [0.4, 0.5) is 0 Å². The predicted octanol–water partition coefficient (Wildman–Crippen LogP) is 3.60. The monoisotopic (exact) mass is 406 g/mol. The van der Waals surface area contributed by atoms with Gasteiger partial charge in [-0.2, -0.15) is 0 Å². The molecule has 0 radical (unpaired) electrons. The molecular weight excluding hydrogens is 380 g/mol. The minimum atomic E-state index is -0.557. The maximum Gasteiger partial charge on any atom is 0.231 e. The van der Waals surface area contributed by atoms with Crippen LogP contribution in [0, 0.1) is 0 Å². The number of amides is 2. The fourth-order valence-corrected chi connectivity index (χ4v) is 3.84. The molecule has 30 heavy (non-hydrogen) atoms. The number of hydrogen-bond donors (Lipinski definition) is 2. The first-order chi connectivity index (χ1) is 14.6. The van der Waals surface area contributed by atoms with Gasteiger partial charge in [0.25, 0.3) is 0 Å². The van der Waals surface area contributed by atoms with Crippen molar-refractivity contribution in [3.63, 3.8) is 0 Å². The molecular formula is C24H26N2O4. The Morgan fingerprint density at radius 3 is 2.47 bits per heavy atom. The van der Waals surface area contributed by atoms with Crippen LogP contribution in [-0.4, -0.2) is 24.6 Å². The van der Waals surface area contributed by atoms with Gasteiger partial charge in [-0.25, -0.2) is 0 Å². The van der Waals surface area contributed by atoms with Gasteiger partial charge in [0.1, 0.15) is 0 Å². The topological polar surface area (TPSA) is 76.7 Å². The Labute approximate surface area is 176 Å². The molecule has 0 unspecified atom stereocenters. The first-order valence-corrected chi connectivity index (χ1v) is 10.3. The van der Waals surface area contributed by atoms with E-state index in [2.05, 4.69) is 16.7 Å². The normalized spacial score (nSPS) is 25.4. The van der Waals surface area contributed by atoms with Gasteiger partial charge in [0.05, 0.1) is 12.0 Å². The highest BCUT2D eigenvalue weighted by Gasteiger charge is 2.27. The van der Waals surface area contributed by atoms with Crippen molar-refractivity contribution < 1.29 is 19.1 Å². The van der Waals surface area contributed by atoms with Crippen LogP contribution in [0.25, 0.3) is 0 Å². The van der Waals surface area contributed by atoms with E-state index in [1.54, 1.807) is 0 Å². The number of rotatable bonds is 2. The second kappa shape index (κ2) is 9.03. The molecule has 0 aromatic heterocycles. The molecule has 6 nitrogen and oxygen atoms in total. The Morgan fingerprint density at radius 1 is 0.867 bits per heavy atom. The first-order valence-electron chi connectivity index (χ1n) is 10.3. The molecule has 0 fully saturated rings. The zero-order valence-electron chi connectivity index (χ0n) is 17.0. The van der Waals surface area contributed by atoms with Gasteiger partial charge in [0.2, 0.25) is 18.6 Å². The summed E-state index contributed by atoms with van der Waals surface area (Å²) in [5.74, 6) is 0.546. The number of carbonyl (C=O) groups excluding carboxylic acids is 2. The molecule has 4 rings (SSSR count). The van der Waals surface area contributed by atoms with E-state index in [9.17, 15) is 9.59 Å². The second-order valence-electron chi connectivity index (χ2n) is 7.75. The van der Waals surface area contributed by atoms with Crippen LogP contribution >= 0.6 is 0 Å². The van der Waals surface area contributed by atoms with Crippen molar-refractivity contribution >= 4 is 11.8 Å². The third-order valence-electron chi connectivity index (χ3n) is 5.46. The van der Waals surface area contributed by atoms with Gasteiger partial charge in [-0.15, -0.1) is 0 Å². The van der Waals surface area contributed by atoms with Gasteiger partial charge in [-0.3, -0.25) is 9.59 Å². The van der Waals surface area contributed by atoms with E-state index in [4.69, 9.17) is 9.47 Å². The molecule has 0 bridgehead atoms. The summed E-state index contributed by atoms with van der Waals surface area (Å²) in [5.41, 5.74) is 1.77. The number of hydrogen-bond acceptors (Lipinski definition) is 4. The summed E-state index contributed by atoms with van der Waals surface area (Å²) < 4.78 is 10.9. The molecule has 6 heteroatoms. The molecule has 2 aliphatic rings. The zero-order chi connectivity index (χ0) is 20.9. The fraction of sp³-hybridized carbons (Fsp3) is 0.333. The van der Waals surface area contributed by atoms with Crippen LogP contribution in [0.3, 0.4) is 0 Å². The van der Waals surface area contributed by atoms with Crippen LogP contribution in [0.1, 0.15) is 49.3 Å². The third-order valence-corrected chi connectivity index (χ3v) is 5.46. The lowest BCUT2D eigenvalue weighted by Gasteiger charge is -2.24. The summed E-state index contributed by atoms with van der Waals surface area (Å²) in [5, 5.41) is 6.14. The van der Waals surface area contributed by atoms with Crippen molar-refractivity contribution in [2.24, 2.45) is 0 Å². The van der Waals surface area contributed by atoms with Crippen LogP contribution in [0.2, 0.25) is 0 Å². The number of benzene rings is 2. The Morgan fingerprint density at radius 2 is 1.63 bits per heavy atom. The number of nitrogens with one attached hydrogen (secondary N) is 2. The maximum absolute atomic E-state index is 13.3. The lowest BCUT2D eigenvalue weighted by Crippen LogP contribution is -2.38. The summed E-state index contributed by atoms with van der Waals surface area (Å²) in [4.78, 5) is 25.9. The number of carbonyl (C=O) groups is 2. The van der Waals surface area contributed by atoms with E-state index in [1.165, 1.54) is 0 Å². The summed E-state index contributed by atoms with van der Waals surface area (Å²) in [6.45, 7) is 2.18. The van der Waals surface area contributed by atoms with Crippen LogP contribution in [-0.2, 0) is 9.59 Å².